The van der Waals surface area contributed by atoms with E-state index in [1.54, 1.807) is 10.9 Å². The molecule has 0 unspecified atom stereocenters. The predicted molar refractivity (Wildman–Crippen MR) is 61.0 cm³/mol. The lowest BCUT2D eigenvalue weighted by Crippen LogP contribution is -2.50. The first kappa shape index (κ1) is 12.7. The van der Waals surface area contributed by atoms with Crippen LogP contribution >= 0.6 is 0 Å². The summed E-state index contributed by atoms with van der Waals surface area (Å²) < 4.78 is 1.71. The number of carboxylic acids is 1. The molecule has 0 spiro atoms. The van der Waals surface area contributed by atoms with Gasteiger partial charge in [0.25, 0.3) is 0 Å². The molecule has 0 aliphatic carbocycles. The van der Waals surface area contributed by atoms with Crippen LogP contribution in [0.2, 0.25) is 0 Å². The number of aryl methyl sites for hydroxylation is 1. The van der Waals surface area contributed by atoms with Gasteiger partial charge in [-0.05, 0) is 12.8 Å². The number of nitrogens with zero attached hydrogens (tertiary/aromatic N) is 2. The molecule has 1 rings (SSSR count). The van der Waals surface area contributed by atoms with Crippen LogP contribution in [0.3, 0.4) is 0 Å². The standard InChI is InChI=1S/C11H19N3O2/c1-4-11(5-2,10(15)16)12-6-9-7-13-14(3)8-9/h7-8,12H,4-6H2,1-3H3,(H,15,16). The number of nitrogens with one attached hydrogen (secondary N) is 1. The number of hydrogen-bond donors (Lipinski definition) is 2. The second-order valence-electron chi connectivity index (χ2n) is 3.97. The van der Waals surface area contributed by atoms with Gasteiger partial charge in [-0.1, -0.05) is 13.8 Å². The molecule has 5 heteroatoms. The summed E-state index contributed by atoms with van der Waals surface area (Å²) in [6.45, 7) is 4.30. The van der Waals surface area contributed by atoms with E-state index in [9.17, 15) is 9.90 Å². The zero-order chi connectivity index (χ0) is 12.2. The lowest BCUT2D eigenvalue weighted by atomic mass is 9.93. The molecule has 0 saturated carbocycles. The van der Waals surface area contributed by atoms with Crippen molar-refractivity contribution in [3.05, 3.63) is 18.0 Å². The fourth-order valence-corrected chi connectivity index (χ4v) is 1.71. The van der Waals surface area contributed by atoms with Crippen LogP contribution in [0.5, 0.6) is 0 Å². The van der Waals surface area contributed by atoms with E-state index in [0.717, 1.165) is 5.56 Å². The average molecular weight is 225 g/mol. The van der Waals surface area contributed by atoms with Crippen molar-refractivity contribution in [2.75, 3.05) is 0 Å². The molecule has 0 bridgehead atoms. The van der Waals surface area contributed by atoms with Crippen molar-refractivity contribution in [2.45, 2.75) is 38.8 Å². The summed E-state index contributed by atoms with van der Waals surface area (Å²) >= 11 is 0. The van der Waals surface area contributed by atoms with Gasteiger partial charge in [0.2, 0.25) is 0 Å². The van der Waals surface area contributed by atoms with Crippen LogP contribution in [-0.2, 0) is 18.4 Å². The third kappa shape index (κ3) is 2.61. The van der Waals surface area contributed by atoms with E-state index in [1.165, 1.54) is 0 Å². The maximum Gasteiger partial charge on any atom is 0.323 e. The summed E-state index contributed by atoms with van der Waals surface area (Å²) in [5.41, 5.74) is 0.172. The lowest BCUT2D eigenvalue weighted by molar-refractivity contribution is -0.145. The number of rotatable bonds is 6. The van der Waals surface area contributed by atoms with E-state index in [4.69, 9.17) is 0 Å². The molecular formula is C11H19N3O2. The molecule has 0 aliphatic rings. The molecule has 0 amide bonds. The third-order valence-electron chi connectivity index (χ3n) is 3.01. The number of carbonyl (C=O) groups is 1. The van der Waals surface area contributed by atoms with Crippen LogP contribution in [-0.4, -0.2) is 26.4 Å². The summed E-state index contributed by atoms with van der Waals surface area (Å²) in [7, 11) is 1.84. The highest BCUT2D eigenvalue weighted by molar-refractivity contribution is 5.78. The zero-order valence-electron chi connectivity index (χ0n) is 10.0. The van der Waals surface area contributed by atoms with Crippen molar-refractivity contribution in [1.29, 1.82) is 0 Å². The van der Waals surface area contributed by atoms with Crippen molar-refractivity contribution >= 4 is 5.97 Å². The normalized spacial score (nSPS) is 11.7. The lowest BCUT2D eigenvalue weighted by Gasteiger charge is -2.27. The van der Waals surface area contributed by atoms with Crippen molar-refractivity contribution in [2.24, 2.45) is 7.05 Å². The smallest absolute Gasteiger partial charge is 0.323 e. The second kappa shape index (κ2) is 5.12. The highest BCUT2D eigenvalue weighted by atomic mass is 16.4. The highest BCUT2D eigenvalue weighted by Gasteiger charge is 2.33. The van der Waals surface area contributed by atoms with Gasteiger partial charge in [-0.2, -0.15) is 5.10 Å². The minimum atomic E-state index is -0.824. The van der Waals surface area contributed by atoms with E-state index in [0.29, 0.717) is 19.4 Å². The molecule has 1 aromatic heterocycles. The van der Waals surface area contributed by atoms with E-state index in [-0.39, 0.29) is 0 Å². The summed E-state index contributed by atoms with van der Waals surface area (Å²) in [6.07, 6.45) is 4.76. The Morgan fingerprint density at radius 3 is 2.56 bits per heavy atom. The third-order valence-corrected chi connectivity index (χ3v) is 3.01. The van der Waals surface area contributed by atoms with Crippen molar-refractivity contribution in [1.82, 2.24) is 15.1 Å². The molecule has 5 nitrogen and oxygen atoms in total. The van der Waals surface area contributed by atoms with Crippen LogP contribution in [0.4, 0.5) is 0 Å². The van der Waals surface area contributed by atoms with Crippen LogP contribution in [0.25, 0.3) is 0 Å². The van der Waals surface area contributed by atoms with Crippen LogP contribution in [0.1, 0.15) is 32.3 Å². The topological polar surface area (TPSA) is 67.2 Å². The number of aliphatic carboxylic acids is 1. The van der Waals surface area contributed by atoms with Gasteiger partial charge >= 0.3 is 5.97 Å². The van der Waals surface area contributed by atoms with Gasteiger partial charge in [-0.3, -0.25) is 14.8 Å². The maximum absolute atomic E-state index is 11.2. The molecule has 2 N–H and O–H groups in total. The Morgan fingerprint density at radius 1 is 1.56 bits per heavy atom. The van der Waals surface area contributed by atoms with Crippen LogP contribution < -0.4 is 5.32 Å². The van der Waals surface area contributed by atoms with E-state index in [2.05, 4.69) is 10.4 Å². The Balaban J connectivity index is 2.67. The Labute approximate surface area is 95.5 Å². The quantitative estimate of drug-likeness (QED) is 0.762. The van der Waals surface area contributed by atoms with Crippen LogP contribution in [0.15, 0.2) is 12.4 Å². The van der Waals surface area contributed by atoms with E-state index < -0.39 is 11.5 Å². The zero-order valence-corrected chi connectivity index (χ0v) is 10.0. The van der Waals surface area contributed by atoms with Crippen molar-refractivity contribution in [3.8, 4) is 0 Å². The molecule has 0 aromatic carbocycles. The van der Waals surface area contributed by atoms with E-state index >= 15 is 0 Å². The minimum absolute atomic E-state index is 0.530. The maximum atomic E-state index is 11.2. The first-order chi connectivity index (χ1) is 7.54. The minimum Gasteiger partial charge on any atom is -0.480 e. The van der Waals surface area contributed by atoms with Gasteiger partial charge in [-0.15, -0.1) is 0 Å². The van der Waals surface area contributed by atoms with Crippen molar-refractivity contribution in [3.63, 3.8) is 0 Å². The summed E-state index contributed by atoms with van der Waals surface area (Å²) in [6, 6.07) is 0. The second-order valence-corrected chi connectivity index (χ2v) is 3.97. The van der Waals surface area contributed by atoms with Crippen LogP contribution in [0, 0.1) is 0 Å². The predicted octanol–water partition coefficient (Wildman–Crippen LogP) is 1.15. The molecule has 16 heavy (non-hydrogen) atoms. The number of aromatic nitrogens is 2. The molecule has 1 heterocycles. The number of carboxylic acid groups (broad SMARTS) is 1. The Kier molecular flexibility index (Phi) is 4.06. The SMILES string of the molecule is CCC(CC)(NCc1cnn(C)c1)C(=O)O. The number of hydrogen-bond acceptors (Lipinski definition) is 3. The summed E-state index contributed by atoms with van der Waals surface area (Å²) in [4.78, 5) is 11.2. The molecule has 0 aliphatic heterocycles. The Hall–Kier alpha value is -1.36. The Morgan fingerprint density at radius 2 is 2.19 bits per heavy atom. The first-order valence-corrected chi connectivity index (χ1v) is 5.50. The molecule has 0 saturated heterocycles. The van der Waals surface area contributed by atoms with E-state index in [1.807, 2.05) is 27.1 Å². The molecular weight excluding hydrogens is 206 g/mol. The first-order valence-electron chi connectivity index (χ1n) is 5.50. The molecule has 1 aromatic rings. The van der Waals surface area contributed by atoms with Gasteiger partial charge in [0.05, 0.1) is 6.20 Å². The molecule has 0 fully saturated rings. The Bertz CT molecular complexity index is 356. The van der Waals surface area contributed by atoms with Gasteiger partial charge in [-0.25, -0.2) is 0 Å². The molecule has 0 radical (unpaired) electrons. The van der Waals surface area contributed by atoms with Gasteiger partial charge < -0.3 is 5.11 Å². The van der Waals surface area contributed by atoms with Gasteiger partial charge in [0.15, 0.2) is 0 Å². The fraction of sp³-hybridized carbons (Fsp3) is 0.636. The van der Waals surface area contributed by atoms with Gasteiger partial charge in [0.1, 0.15) is 5.54 Å². The van der Waals surface area contributed by atoms with Crippen molar-refractivity contribution < 1.29 is 9.90 Å². The monoisotopic (exact) mass is 225 g/mol. The summed E-state index contributed by atoms with van der Waals surface area (Å²) in [5, 5.41) is 16.4. The molecule has 0 atom stereocenters. The fourth-order valence-electron chi connectivity index (χ4n) is 1.71. The van der Waals surface area contributed by atoms with Gasteiger partial charge in [0, 0.05) is 25.4 Å². The molecule has 90 valence electrons. The average Bonchev–Trinajstić information content (AvgIpc) is 2.66. The largest absolute Gasteiger partial charge is 0.480 e. The summed E-state index contributed by atoms with van der Waals surface area (Å²) in [5.74, 6) is -0.790. The highest BCUT2D eigenvalue weighted by Crippen LogP contribution is 2.16.